The standard InChI is InChI=1S/C15H18BrNO3/c1-10-12-9-11(16)5-6-13(12)20-14(10)15(19)17-7-3-2-4-8-18/h5-6,9,18H,2-4,7-8H2,1H3,(H,17,19). The predicted octanol–water partition coefficient (Wildman–Crippen LogP) is 3.40. The Kier molecular flexibility index (Phi) is 5.20. The zero-order valence-corrected chi connectivity index (χ0v) is 13.0. The predicted molar refractivity (Wildman–Crippen MR) is 81.9 cm³/mol. The second-order valence-corrected chi connectivity index (χ2v) is 5.65. The van der Waals surface area contributed by atoms with E-state index in [9.17, 15) is 4.79 Å². The number of aliphatic hydroxyl groups excluding tert-OH is 1. The van der Waals surface area contributed by atoms with Crippen LogP contribution in [0.4, 0.5) is 0 Å². The molecule has 1 amide bonds. The first kappa shape index (κ1) is 15.1. The van der Waals surface area contributed by atoms with E-state index in [2.05, 4.69) is 21.2 Å². The Balaban J connectivity index is 2.05. The van der Waals surface area contributed by atoms with Crippen LogP contribution in [0.3, 0.4) is 0 Å². The van der Waals surface area contributed by atoms with Crippen LogP contribution < -0.4 is 5.32 Å². The lowest BCUT2D eigenvalue weighted by atomic mass is 10.1. The SMILES string of the molecule is Cc1c(C(=O)NCCCCCO)oc2ccc(Br)cc12. The third kappa shape index (κ3) is 3.41. The number of hydrogen-bond acceptors (Lipinski definition) is 3. The quantitative estimate of drug-likeness (QED) is 0.793. The fourth-order valence-electron chi connectivity index (χ4n) is 2.11. The van der Waals surface area contributed by atoms with E-state index < -0.39 is 0 Å². The van der Waals surface area contributed by atoms with E-state index in [1.54, 1.807) is 0 Å². The van der Waals surface area contributed by atoms with Crippen molar-refractivity contribution in [3.63, 3.8) is 0 Å². The van der Waals surface area contributed by atoms with Crippen LogP contribution >= 0.6 is 15.9 Å². The second kappa shape index (κ2) is 6.90. The zero-order chi connectivity index (χ0) is 14.5. The number of rotatable bonds is 6. The van der Waals surface area contributed by atoms with Gasteiger partial charge in [0.1, 0.15) is 5.58 Å². The molecule has 4 nitrogen and oxygen atoms in total. The monoisotopic (exact) mass is 339 g/mol. The molecule has 1 aromatic carbocycles. The van der Waals surface area contributed by atoms with Crippen molar-refractivity contribution in [1.29, 1.82) is 0 Å². The fourth-order valence-corrected chi connectivity index (χ4v) is 2.47. The molecule has 0 radical (unpaired) electrons. The first-order valence-electron chi connectivity index (χ1n) is 6.71. The van der Waals surface area contributed by atoms with Gasteiger partial charge >= 0.3 is 0 Å². The highest BCUT2D eigenvalue weighted by Gasteiger charge is 2.17. The minimum atomic E-state index is -0.182. The van der Waals surface area contributed by atoms with Gasteiger partial charge in [-0.15, -0.1) is 0 Å². The Labute approximate surface area is 126 Å². The Bertz CT molecular complexity index is 606. The van der Waals surface area contributed by atoms with Gasteiger partial charge in [-0.1, -0.05) is 15.9 Å². The number of halogens is 1. The Morgan fingerprint density at radius 3 is 2.90 bits per heavy atom. The normalized spacial score (nSPS) is 10.9. The molecule has 20 heavy (non-hydrogen) atoms. The lowest BCUT2D eigenvalue weighted by Gasteiger charge is -2.03. The van der Waals surface area contributed by atoms with Crippen LogP contribution in [-0.2, 0) is 0 Å². The summed E-state index contributed by atoms with van der Waals surface area (Å²) in [5.74, 6) is 0.194. The molecule has 1 aromatic heterocycles. The smallest absolute Gasteiger partial charge is 0.287 e. The molecule has 0 unspecified atom stereocenters. The number of aliphatic hydroxyl groups is 1. The maximum atomic E-state index is 12.1. The average molecular weight is 340 g/mol. The summed E-state index contributed by atoms with van der Waals surface area (Å²) < 4.78 is 6.58. The number of benzene rings is 1. The third-order valence-electron chi connectivity index (χ3n) is 3.22. The summed E-state index contributed by atoms with van der Waals surface area (Å²) in [5.41, 5.74) is 1.57. The molecule has 2 rings (SSSR count). The van der Waals surface area contributed by atoms with Crippen LogP contribution in [0.1, 0.15) is 35.4 Å². The molecule has 1 heterocycles. The van der Waals surface area contributed by atoms with Gasteiger partial charge in [0.25, 0.3) is 5.91 Å². The molecule has 0 aliphatic rings. The number of fused-ring (bicyclic) bond motifs is 1. The fraction of sp³-hybridized carbons (Fsp3) is 0.400. The van der Waals surface area contributed by atoms with Gasteiger partial charge < -0.3 is 14.8 Å². The largest absolute Gasteiger partial charge is 0.451 e. The number of carbonyl (C=O) groups excluding carboxylic acids is 1. The minimum Gasteiger partial charge on any atom is -0.451 e. The van der Waals surface area contributed by atoms with E-state index in [1.807, 2.05) is 25.1 Å². The zero-order valence-electron chi connectivity index (χ0n) is 11.4. The van der Waals surface area contributed by atoms with E-state index >= 15 is 0 Å². The van der Waals surface area contributed by atoms with Crippen molar-refractivity contribution in [2.24, 2.45) is 0 Å². The lowest BCUT2D eigenvalue weighted by Crippen LogP contribution is -2.24. The van der Waals surface area contributed by atoms with Gasteiger partial charge in [-0.2, -0.15) is 0 Å². The van der Waals surface area contributed by atoms with E-state index in [4.69, 9.17) is 9.52 Å². The van der Waals surface area contributed by atoms with Gasteiger partial charge in [0.05, 0.1) is 0 Å². The van der Waals surface area contributed by atoms with Crippen molar-refractivity contribution in [2.45, 2.75) is 26.2 Å². The summed E-state index contributed by atoms with van der Waals surface area (Å²) in [4.78, 5) is 12.1. The molecule has 0 fully saturated rings. The molecular formula is C15H18BrNO3. The first-order chi connectivity index (χ1) is 9.63. The molecule has 2 aromatic rings. The van der Waals surface area contributed by atoms with Gasteiger partial charge in [-0.05, 0) is 44.4 Å². The molecule has 0 saturated heterocycles. The Morgan fingerprint density at radius 2 is 2.15 bits per heavy atom. The van der Waals surface area contributed by atoms with E-state index in [-0.39, 0.29) is 12.5 Å². The molecule has 0 aliphatic carbocycles. The van der Waals surface area contributed by atoms with Crippen LogP contribution in [0.5, 0.6) is 0 Å². The maximum Gasteiger partial charge on any atom is 0.287 e. The van der Waals surface area contributed by atoms with E-state index in [0.29, 0.717) is 12.3 Å². The number of nitrogens with one attached hydrogen (secondary N) is 1. The Morgan fingerprint density at radius 1 is 1.35 bits per heavy atom. The molecule has 0 bridgehead atoms. The van der Waals surface area contributed by atoms with Gasteiger partial charge in [-0.3, -0.25) is 4.79 Å². The van der Waals surface area contributed by atoms with E-state index in [0.717, 1.165) is 40.3 Å². The first-order valence-corrected chi connectivity index (χ1v) is 7.50. The van der Waals surface area contributed by atoms with Crippen LogP contribution in [0, 0.1) is 6.92 Å². The van der Waals surface area contributed by atoms with Gasteiger partial charge in [0.15, 0.2) is 5.76 Å². The molecule has 5 heteroatoms. The summed E-state index contributed by atoms with van der Waals surface area (Å²) in [6.07, 6.45) is 2.54. The maximum absolute atomic E-state index is 12.1. The number of furan rings is 1. The highest BCUT2D eigenvalue weighted by Crippen LogP contribution is 2.27. The molecule has 108 valence electrons. The number of amides is 1. The number of carbonyl (C=O) groups is 1. The number of aryl methyl sites for hydroxylation is 1. The molecule has 0 atom stereocenters. The van der Waals surface area contributed by atoms with Crippen molar-refractivity contribution in [1.82, 2.24) is 5.32 Å². The molecular weight excluding hydrogens is 322 g/mol. The summed E-state index contributed by atoms with van der Waals surface area (Å²) >= 11 is 3.42. The number of hydrogen-bond donors (Lipinski definition) is 2. The minimum absolute atomic E-state index is 0.182. The van der Waals surface area contributed by atoms with Crippen molar-refractivity contribution in [3.8, 4) is 0 Å². The van der Waals surface area contributed by atoms with Crippen LogP contribution in [0.2, 0.25) is 0 Å². The van der Waals surface area contributed by atoms with Crippen molar-refractivity contribution in [2.75, 3.05) is 13.2 Å². The Hall–Kier alpha value is -1.33. The summed E-state index contributed by atoms with van der Waals surface area (Å²) in [5, 5.41) is 12.5. The number of unbranched alkanes of at least 4 members (excludes halogenated alkanes) is 2. The molecule has 0 spiro atoms. The summed E-state index contributed by atoms with van der Waals surface area (Å²) in [6.45, 7) is 2.68. The van der Waals surface area contributed by atoms with Crippen LogP contribution in [0.25, 0.3) is 11.0 Å². The molecule has 0 aliphatic heterocycles. The topological polar surface area (TPSA) is 62.5 Å². The summed E-state index contributed by atoms with van der Waals surface area (Å²) in [6, 6.07) is 5.69. The van der Waals surface area contributed by atoms with Gasteiger partial charge in [0, 0.05) is 28.6 Å². The lowest BCUT2D eigenvalue weighted by molar-refractivity contribution is 0.0926. The molecule has 2 N–H and O–H groups in total. The van der Waals surface area contributed by atoms with Gasteiger partial charge in [0.2, 0.25) is 0 Å². The van der Waals surface area contributed by atoms with Crippen molar-refractivity contribution < 1.29 is 14.3 Å². The van der Waals surface area contributed by atoms with Crippen molar-refractivity contribution in [3.05, 3.63) is 34.0 Å². The van der Waals surface area contributed by atoms with Crippen LogP contribution in [-0.4, -0.2) is 24.2 Å². The average Bonchev–Trinajstić information content (AvgIpc) is 2.76. The highest BCUT2D eigenvalue weighted by molar-refractivity contribution is 9.10. The summed E-state index contributed by atoms with van der Waals surface area (Å²) in [7, 11) is 0. The van der Waals surface area contributed by atoms with Crippen LogP contribution in [0.15, 0.2) is 27.1 Å². The highest BCUT2D eigenvalue weighted by atomic mass is 79.9. The van der Waals surface area contributed by atoms with Gasteiger partial charge in [-0.25, -0.2) is 0 Å². The second-order valence-electron chi connectivity index (χ2n) is 4.74. The van der Waals surface area contributed by atoms with Crippen molar-refractivity contribution >= 4 is 32.8 Å². The third-order valence-corrected chi connectivity index (χ3v) is 3.72. The molecule has 0 saturated carbocycles. The van der Waals surface area contributed by atoms with E-state index in [1.165, 1.54) is 0 Å².